The molecule has 1 aliphatic heterocycles. The maximum atomic E-state index is 13.6. The van der Waals surface area contributed by atoms with Crippen LogP contribution in [-0.4, -0.2) is 49.0 Å². The average molecular weight is 445 g/mol. The van der Waals surface area contributed by atoms with E-state index in [1.54, 1.807) is 17.9 Å². The van der Waals surface area contributed by atoms with E-state index in [-0.39, 0.29) is 29.2 Å². The number of piperidine rings is 1. The number of rotatable bonds is 4. The number of hydrogen-bond donors (Lipinski definition) is 2. The molecule has 0 aliphatic carbocycles. The van der Waals surface area contributed by atoms with Crippen LogP contribution in [0.25, 0.3) is 11.4 Å². The molecule has 1 amide bonds. The van der Waals surface area contributed by atoms with Crippen LogP contribution < -0.4 is 5.32 Å². The third-order valence-corrected chi connectivity index (χ3v) is 5.41. The molecule has 3 aromatic rings. The molecule has 0 unspecified atom stereocenters. The highest BCUT2D eigenvalue weighted by Gasteiger charge is 2.34. The van der Waals surface area contributed by atoms with E-state index in [1.807, 2.05) is 0 Å². The second-order valence-corrected chi connectivity index (χ2v) is 7.69. The molecule has 168 valence electrons. The normalized spacial score (nSPS) is 15.1. The van der Waals surface area contributed by atoms with Gasteiger partial charge in [0, 0.05) is 43.3 Å². The first kappa shape index (κ1) is 21.7. The molecular formula is C21H22F3N7O. The van der Waals surface area contributed by atoms with Crippen molar-refractivity contribution in [1.29, 1.82) is 0 Å². The minimum absolute atomic E-state index is 0.00765. The number of aromatic amines is 1. The van der Waals surface area contributed by atoms with Gasteiger partial charge in [-0.1, -0.05) is 18.2 Å². The van der Waals surface area contributed by atoms with Crippen molar-refractivity contribution in [2.24, 2.45) is 0 Å². The van der Waals surface area contributed by atoms with Crippen LogP contribution in [0.3, 0.4) is 0 Å². The summed E-state index contributed by atoms with van der Waals surface area (Å²) in [5.74, 6) is 1.11. The summed E-state index contributed by atoms with van der Waals surface area (Å²) in [5, 5.41) is 9.66. The first-order valence-corrected chi connectivity index (χ1v) is 10.2. The highest BCUT2D eigenvalue weighted by molar-refractivity contribution is 5.73. The van der Waals surface area contributed by atoms with Crippen LogP contribution in [0.2, 0.25) is 0 Å². The van der Waals surface area contributed by atoms with Gasteiger partial charge in [-0.15, -0.1) is 5.10 Å². The second-order valence-electron chi connectivity index (χ2n) is 7.69. The number of benzene rings is 1. The first-order chi connectivity index (χ1) is 15.2. The fourth-order valence-electron chi connectivity index (χ4n) is 3.79. The largest absolute Gasteiger partial charge is 0.417 e. The van der Waals surface area contributed by atoms with Crippen molar-refractivity contribution in [3.05, 3.63) is 47.4 Å². The molecule has 4 rings (SSSR count). The van der Waals surface area contributed by atoms with Gasteiger partial charge in [-0.05, 0) is 25.8 Å². The quantitative estimate of drug-likeness (QED) is 0.628. The number of nitrogens with one attached hydrogen (secondary N) is 2. The van der Waals surface area contributed by atoms with E-state index in [0.717, 1.165) is 6.07 Å². The van der Waals surface area contributed by atoms with E-state index in [2.05, 4.69) is 30.5 Å². The number of amides is 1. The standard InChI is InChI=1S/C21H22F3N7O/c1-12-25-20(30-29-12)28-18-11-17(14-7-9-31(10-8-14)13(2)32)26-19(27-18)15-5-3-4-6-16(15)21(22,23)24/h3-6,11,14H,7-10H2,1-2H3,(H2,25,26,27,28,29,30). The summed E-state index contributed by atoms with van der Waals surface area (Å²) in [6.07, 6.45) is -3.22. The lowest BCUT2D eigenvalue weighted by atomic mass is 9.93. The first-order valence-electron chi connectivity index (χ1n) is 10.2. The predicted octanol–water partition coefficient (Wildman–Crippen LogP) is 4.06. The van der Waals surface area contributed by atoms with Crippen LogP contribution in [0.15, 0.2) is 30.3 Å². The SMILES string of the molecule is CC(=O)N1CCC(c2cc(Nc3n[nH]c(C)n3)nc(-c3ccccc3C(F)(F)F)n2)CC1. The van der Waals surface area contributed by atoms with Gasteiger partial charge >= 0.3 is 6.18 Å². The Balaban J connectivity index is 1.74. The Kier molecular flexibility index (Phi) is 5.81. The second kappa shape index (κ2) is 8.56. The highest BCUT2D eigenvalue weighted by atomic mass is 19.4. The highest BCUT2D eigenvalue weighted by Crippen LogP contribution is 2.37. The van der Waals surface area contributed by atoms with Crippen LogP contribution in [0, 0.1) is 6.92 Å². The third kappa shape index (κ3) is 4.71. The Labute approximate surface area is 182 Å². The molecule has 32 heavy (non-hydrogen) atoms. The summed E-state index contributed by atoms with van der Waals surface area (Å²) in [5.41, 5.74) is -0.287. The summed E-state index contributed by atoms with van der Waals surface area (Å²) in [6.45, 7) is 4.40. The lowest BCUT2D eigenvalue weighted by Gasteiger charge is -2.31. The van der Waals surface area contributed by atoms with Gasteiger partial charge in [0.15, 0.2) is 5.82 Å². The molecule has 8 nitrogen and oxygen atoms in total. The van der Waals surface area contributed by atoms with Crippen molar-refractivity contribution in [2.75, 3.05) is 18.4 Å². The molecule has 1 aliphatic rings. The van der Waals surface area contributed by atoms with Crippen LogP contribution in [-0.2, 0) is 11.0 Å². The smallest absolute Gasteiger partial charge is 0.343 e. The molecule has 2 N–H and O–H groups in total. The van der Waals surface area contributed by atoms with Gasteiger partial charge in [0.2, 0.25) is 11.9 Å². The fraction of sp³-hybridized carbons (Fsp3) is 0.381. The van der Waals surface area contributed by atoms with Crippen molar-refractivity contribution < 1.29 is 18.0 Å². The van der Waals surface area contributed by atoms with E-state index >= 15 is 0 Å². The average Bonchev–Trinajstić information content (AvgIpc) is 3.17. The number of aromatic nitrogens is 5. The van der Waals surface area contributed by atoms with Crippen molar-refractivity contribution in [2.45, 2.75) is 38.8 Å². The van der Waals surface area contributed by atoms with Gasteiger partial charge in [0.25, 0.3) is 0 Å². The molecule has 2 aromatic heterocycles. The van der Waals surface area contributed by atoms with E-state index in [9.17, 15) is 18.0 Å². The number of carbonyl (C=O) groups is 1. The molecule has 11 heteroatoms. The summed E-state index contributed by atoms with van der Waals surface area (Å²) < 4.78 is 40.9. The monoisotopic (exact) mass is 445 g/mol. The molecule has 3 heterocycles. The molecule has 0 saturated carbocycles. The molecule has 0 spiro atoms. The van der Waals surface area contributed by atoms with Crippen LogP contribution in [0.4, 0.5) is 24.9 Å². The topological polar surface area (TPSA) is 99.7 Å². The summed E-state index contributed by atoms with van der Waals surface area (Å²) in [7, 11) is 0. The van der Waals surface area contributed by atoms with E-state index in [4.69, 9.17) is 0 Å². The van der Waals surface area contributed by atoms with Gasteiger partial charge in [-0.25, -0.2) is 9.97 Å². The van der Waals surface area contributed by atoms with Crippen molar-refractivity contribution in [3.63, 3.8) is 0 Å². The van der Waals surface area contributed by atoms with Crippen LogP contribution in [0.5, 0.6) is 0 Å². The lowest BCUT2D eigenvalue weighted by Crippen LogP contribution is -2.36. The Morgan fingerprint density at radius 2 is 1.88 bits per heavy atom. The molecule has 0 atom stereocenters. The molecular weight excluding hydrogens is 423 g/mol. The number of nitrogens with zero attached hydrogens (tertiary/aromatic N) is 5. The molecule has 1 saturated heterocycles. The van der Waals surface area contributed by atoms with Crippen LogP contribution >= 0.6 is 0 Å². The molecule has 1 aromatic carbocycles. The Bertz CT molecular complexity index is 1120. The minimum atomic E-state index is -4.54. The van der Waals surface area contributed by atoms with Crippen LogP contribution in [0.1, 0.15) is 42.8 Å². The lowest BCUT2D eigenvalue weighted by molar-refractivity contribution is -0.137. The van der Waals surface area contributed by atoms with E-state index in [1.165, 1.54) is 25.1 Å². The number of carbonyl (C=O) groups excluding carboxylic acids is 1. The van der Waals surface area contributed by atoms with Gasteiger partial charge in [0.1, 0.15) is 11.6 Å². The number of likely N-dealkylation sites (tertiary alicyclic amines) is 1. The van der Waals surface area contributed by atoms with E-state index in [0.29, 0.717) is 43.3 Å². The molecule has 0 radical (unpaired) electrons. The van der Waals surface area contributed by atoms with Gasteiger partial charge in [0.05, 0.1) is 5.56 Å². The molecule has 1 fully saturated rings. The zero-order valence-electron chi connectivity index (χ0n) is 17.6. The number of aryl methyl sites for hydroxylation is 1. The van der Waals surface area contributed by atoms with Gasteiger partial charge in [-0.2, -0.15) is 18.2 Å². The minimum Gasteiger partial charge on any atom is -0.343 e. The fourth-order valence-corrected chi connectivity index (χ4v) is 3.79. The van der Waals surface area contributed by atoms with Gasteiger partial charge in [-0.3, -0.25) is 9.89 Å². The summed E-state index contributed by atoms with van der Waals surface area (Å²) in [6, 6.07) is 6.95. The summed E-state index contributed by atoms with van der Waals surface area (Å²) >= 11 is 0. The number of halogens is 3. The van der Waals surface area contributed by atoms with E-state index < -0.39 is 11.7 Å². The maximum absolute atomic E-state index is 13.6. The van der Waals surface area contributed by atoms with Crippen molar-refractivity contribution in [1.82, 2.24) is 30.0 Å². The predicted molar refractivity (Wildman–Crippen MR) is 111 cm³/mol. The third-order valence-electron chi connectivity index (χ3n) is 5.41. The van der Waals surface area contributed by atoms with Crippen molar-refractivity contribution in [3.8, 4) is 11.4 Å². The molecule has 0 bridgehead atoms. The number of alkyl halides is 3. The Hall–Kier alpha value is -3.50. The zero-order chi connectivity index (χ0) is 22.9. The zero-order valence-corrected chi connectivity index (χ0v) is 17.6. The van der Waals surface area contributed by atoms with Gasteiger partial charge < -0.3 is 10.2 Å². The Morgan fingerprint density at radius 3 is 2.50 bits per heavy atom. The summed E-state index contributed by atoms with van der Waals surface area (Å²) in [4.78, 5) is 26.4. The Morgan fingerprint density at radius 1 is 1.16 bits per heavy atom. The van der Waals surface area contributed by atoms with Crippen molar-refractivity contribution >= 4 is 17.7 Å². The number of H-pyrrole nitrogens is 1. The number of anilines is 2. The maximum Gasteiger partial charge on any atom is 0.417 e. The number of hydrogen-bond acceptors (Lipinski definition) is 6.